The molecule has 0 unspecified atom stereocenters. The smallest absolute Gasteiger partial charge is 0.339 e. The topological polar surface area (TPSA) is 72.5 Å². The van der Waals surface area contributed by atoms with E-state index in [1.165, 1.54) is 17.5 Å². The molecule has 0 bridgehead atoms. The van der Waals surface area contributed by atoms with Crippen LogP contribution in [-0.4, -0.2) is 12.5 Å². The zero-order valence-electron chi connectivity index (χ0n) is 17.6. The standard InChI is InChI=1S/C25H25NO4S/c1-15-17(6-7-24(27)26-10-8-16-9-11-31-14-16)25(28)30-22-13-23-20(12-19(15)22)18-4-2-3-5-21(18)29-23/h9,11-14H,2-8,10H2,1H3,(H,26,27). The Morgan fingerprint density at radius 3 is 2.77 bits per heavy atom. The molecule has 0 saturated heterocycles. The van der Waals surface area contributed by atoms with Crippen LogP contribution in [0.1, 0.15) is 47.3 Å². The van der Waals surface area contributed by atoms with Crippen molar-refractivity contribution in [2.75, 3.05) is 6.54 Å². The van der Waals surface area contributed by atoms with Crippen molar-refractivity contribution in [3.63, 3.8) is 0 Å². The maximum Gasteiger partial charge on any atom is 0.339 e. The van der Waals surface area contributed by atoms with Gasteiger partial charge in [-0.05, 0) is 73.0 Å². The number of nitrogens with one attached hydrogen (secondary N) is 1. The van der Waals surface area contributed by atoms with E-state index in [-0.39, 0.29) is 18.0 Å². The Morgan fingerprint density at radius 2 is 1.94 bits per heavy atom. The highest BCUT2D eigenvalue weighted by atomic mass is 32.1. The Bertz CT molecular complexity index is 1310. The van der Waals surface area contributed by atoms with Crippen molar-refractivity contribution in [3.8, 4) is 0 Å². The average molecular weight is 436 g/mol. The predicted molar refractivity (Wildman–Crippen MR) is 123 cm³/mol. The first-order valence-electron chi connectivity index (χ1n) is 10.9. The van der Waals surface area contributed by atoms with E-state index in [1.54, 1.807) is 11.3 Å². The van der Waals surface area contributed by atoms with Crippen molar-refractivity contribution in [1.29, 1.82) is 0 Å². The van der Waals surface area contributed by atoms with Crippen molar-refractivity contribution in [3.05, 3.63) is 67.4 Å². The summed E-state index contributed by atoms with van der Waals surface area (Å²) < 4.78 is 11.7. The minimum atomic E-state index is -0.369. The lowest BCUT2D eigenvalue weighted by molar-refractivity contribution is -0.121. The molecule has 1 aliphatic rings. The Hall–Kier alpha value is -2.86. The zero-order chi connectivity index (χ0) is 21.4. The molecule has 160 valence electrons. The van der Waals surface area contributed by atoms with E-state index in [1.807, 2.05) is 18.4 Å². The van der Waals surface area contributed by atoms with Crippen LogP contribution in [0, 0.1) is 6.92 Å². The quantitative estimate of drug-likeness (QED) is 0.429. The maximum atomic E-state index is 12.6. The summed E-state index contributed by atoms with van der Waals surface area (Å²) in [5.74, 6) is 1.02. The van der Waals surface area contributed by atoms with E-state index in [4.69, 9.17) is 8.83 Å². The Balaban J connectivity index is 1.36. The summed E-state index contributed by atoms with van der Waals surface area (Å²) in [4.78, 5) is 24.9. The normalized spacial score (nSPS) is 13.6. The number of amides is 1. The number of hydrogen-bond donors (Lipinski definition) is 1. The number of rotatable bonds is 6. The number of aryl methyl sites for hydroxylation is 3. The van der Waals surface area contributed by atoms with Gasteiger partial charge >= 0.3 is 5.63 Å². The van der Waals surface area contributed by atoms with Gasteiger partial charge in [-0.15, -0.1) is 0 Å². The van der Waals surface area contributed by atoms with Crippen LogP contribution in [0.15, 0.2) is 42.6 Å². The van der Waals surface area contributed by atoms with Crippen LogP contribution in [0.2, 0.25) is 0 Å². The van der Waals surface area contributed by atoms with Crippen LogP contribution >= 0.6 is 11.3 Å². The molecular weight excluding hydrogens is 410 g/mol. The van der Waals surface area contributed by atoms with E-state index in [0.29, 0.717) is 24.1 Å². The summed E-state index contributed by atoms with van der Waals surface area (Å²) in [5.41, 5.74) is 4.96. The number of fused-ring (bicyclic) bond motifs is 4. The molecule has 0 spiro atoms. The van der Waals surface area contributed by atoms with Crippen LogP contribution in [0.25, 0.3) is 21.9 Å². The minimum absolute atomic E-state index is 0.0477. The fourth-order valence-electron chi connectivity index (χ4n) is 4.54. The molecule has 3 aromatic heterocycles. The Kier molecular flexibility index (Phi) is 5.40. The molecular formula is C25H25NO4S. The monoisotopic (exact) mass is 435 g/mol. The Morgan fingerprint density at radius 1 is 1.10 bits per heavy atom. The lowest BCUT2D eigenvalue weighted by Gasteiger charge is -2.10. The van der Waals surface area contributed by atoms with Crippen molar-refractivity contribution < 1.29 is 13.6 Å². The van der Waals surface area contributed by atoms with Crippen molar-refractivity contribution >= 4 is 39.2 Å². The molecule has 0 fully saturated rings. The number of furan rings is 1. The van der Waals surface area contributed by atoms with Gasteiger partial charge in [-0.1, -0.05) is 0 Å². The fraction of sp³-hybridized carbons (Fsp3) is 0.360. The second kappa shape index (κ2) is 8.35. The molecule has 0 aliphatic heterocycles. The highest BCUT2D eigenvalue weighted by molar-refractivity contribution is 7.07. The van der Waals surface area contributed by atoms with Gasteiger partial charge in [-0.3, -0.25) is 4.79 Å². The van der Waals surface area contributed by atoms with Crippen molar-refractivity contribution in [2.45, 2.75) is 51.9 Å². The van der Waals surface area contributed by atoms with Crippen molar-refractivity contribution in [2.24, 2.45) is 0 Å². The summed E-state index contributed by atoms with van der Waals surface area (Å²) in [5, 5.41) is 9.11. The zero-order valence-corrected chi connectivity index (χ0v) is 18.4. The molecule has 6 heteroatoms. The van der Waals surface area contributed by atoms with Gasteiger partial charge in [-0.25, -0.2) is 4.79 Å². The first-order chi connectivity index (χ1) is 15.1. The molecule has 1 aromatic carbocycles. The highest BCUT2D eigenvalue weighted by Gasteiger charge is 2.20. The van der Waals surface area contributed by atoms with Crippen LogP contribution in [-0.2, 0) is 30.5 Å². The first-order valence-corrected chi connectivity index (χ1v) is 11.8. The lowest BCUT2D eigenvalue weighted by Crippen LogP contribution is -2.26. The third kappa shape index (κ3) is 3.92. The molecule has 3 heterocycles. The number of hydrogen-bond acceptors (Lipinski definition) is 5. The molecule has 4 aromatic rings. The molecule has 5 rings (SSSR count). The van der Waals surface area contributed by atoms with Gasteiger partial charge < -0.3 is 14.2 Å². The van der Waals surface area contributed by atoms with E-state index in [0.717, 1.165) is 53.4 Å². The fourth-order valence-corrected chi connectivity index (χ4v) is 5.24. The number of benzene rings is 1. The maximum absolute atomic E-state index is 12.6. The van der Waals surface area contributed by atoms with Crippen LogP contribution in [0.3, 0.4) is 0 Å². The molecule has 1 amide bonds. The van der Waals surface area contributed by atoms with E-state index in [9.17, 15) is 9.59 Å². The summed E-state index contributed by atoms with van der Waals surface area (Å²) >= 11 is 1.65. The van der Waals surface area contributed by atoms with E-state index < -0.39 is 0 Å². The molecule has 1 aliphatic carbocycles. The predicted octanol–water partition coefficient (Wildman–Crippen LogP) is 5.08. The highest BCUT2D eigenvalue weighted by Crippen LogP contribution is 2.35. The van der Waals surface area contributed by atoms with Gasteiger partial charge in [0.15, 0.2) is 0 Å². The number of thiophene rings is 1. The largest absolute Gasteiger partial charge is 0.461 e. The van der Waals surface area contributed by atoms with Crippen molar-refractivity contribution in [1.82, 2.24) is 5.32 Å². The third-order valence-electron chi connectivity index (χ3n) is 6.28. The van der Waals surface area contributed by atoms with Gasteiger partial charge in [0.05, 0.1) is 0 Å². The van der Waals surface area contributed by atoms with Gasteiger partial charge in [0.2, 0.25) is 5.91 Å². The summed E-state index contributed by atoms with van der Waals surface area (Å²) in [6.45, 7) is 2.55. The van der Waals surface area contributed by atoms with Crippen LogP contribution in [0.5, 0.6) is 0 Å². The number of carbonyl (C=O) groups excluding carboxylic acids is 1. The van der Waals surface area contributed by atoms with Crippen LogP contribution in [0.4, 0.5) is 0 Å². The van der Waals surface area contributed by atoms with Gasteiger partial charge in [0, 0.05) is 47.4 Å². The van der Waals surface area contributed by atoms with E-state index in [2.05, 4.69) is 22.8 Å². The molecule has 5 nitrogen and oxygen atoms in total. The molecule has 0 radical (unpaired) electrons. The summed E-state index contributed by atoms with van der Waals surface area (Å²) in [6.07, 6.45) is 5.78. The van der Waals surface area contributed by atoms with E-state index >= 15 is 0 Å². The molecule has 1 N–H and O–H groups in total. The van der Waals surface area contributed by atoms with Gasteiger partial charge in [0.25, 0.3) is 0 Å². The average Bonchev–Trinajstić information content (AvgIpc) is 3.39. The second-order valence-corrected chi connectivity index (χ2v) is 9.06. The van der Waals surface area contributed by atoms with Crippen LogP contribution < -0.4 is 10.9 Å². The minimum Gasteiger partial charge on any atom is -0.461 e. The molecule has 0 atom stereocenters. The second-order valence-electron chi connectivity index (χ2n) is 8.28. The molecule has 31 heavy (non-hydrogen) atoms. The first kappa shape index (κ1) is 20.1. The van der Waals surface area contributed by atoms with Gasteiger partial charge in [0.1, 0.15) is 16.9 Å². The lowest BCUT2D eigenvalue weighted by atomic mass is 9.94. The Labute approximate surface area is 184 Å². The third-order valence-corrected chi connectivity index (χ3v) is 7.01. The SMILES string of the molecule is Cc1c(CCC(=O)NCCc2ccsc2)c(=O)oc2cc3oc4c(c3cc12)CCCC4. The number of carbonyl (C=O) groups is 1. The molecule has 0 saturated carbocycles. The van der Waals surface area contributed by atoms with Gasteiger partial charge in [-0.2, -0.15) is 11.3 Å². The summed E-state index contributed by atoms with van der Waals surface area (Å²) in [6, 6.07) is 6.01. The summed E-state index contributed by atoms with van der Waals surface area (Å²) in [7, 11) is 0.